The number of amides is 1. The molecule has 1 N–H and O–H groups in total. The molecule has 3 rings (SSSR count). The summed E-state index contributed by atoms with van der Waals surface area (Å²) in [6.07, 6.45) is 0. The minimum atomic E-state index is -0.562. The van der Waals surface area contributed by atoms with Gasteiger partial charge in [-0.15, -0.1) is 0 Å². The average molecular weight is 377 g/mol. The van der Waals surface area contributed by atoms with E-state index in [0.717, 1.165) is 17.0 Å². The number of nitrogens with zero attached hydrogens (tertiary/aromatic N) is 2. The summed E-state index contributed by atoms with van der Waals surface area (Å²) < 4.78 is 5.13. The number of nitrogens with one attached hydrogen (secondary N) is 1. The van der Waals surface area contributed by atoms with Crippen LogP contribution in [-0.4, -0.2) is 35.0 Å². The number of fused-ring (bicyclic) bond motifs is 1. The Bertz CT molecular complexity index is 1000. The maximum atomic E-state index is 12.3. The van der Waals surface area contributed by atoms with Gasteiger partial charge in [0.15, 0.2) is 6.61 Å². The van der Waals surface area contributed by atoms with E-state index in [2.05, 4.69) is 15.3 Å². The third kappa shape index (κ3) is 4.71. The monoisotopic (exact) mass is 377 g/mol. The zero-order chi connectivity index (χ0) is 20.1. The van der Waals surface area contributed by atoms with Gasteiger partial charge in [0, 0.05) is 6.54 Å². The molecule has 0 spiro atoms. The molecule has 1 atom stereocenters. The van der Waals surface area contributed by atoms with Gasteiger partial charge >= 0.3 is 5.97 Å². The average Bonchev–Trinajstić information content (AvgIpc) is 2.71. The second-order valence-corrected chi connectivity index (χ2v) is 6.79. The molecule has 6 heteroatoms. The van der Waals surface area contributed by atoms with Gasteiger partial charge in [0.1, 0.15) is 0 Å². The number of aryl methyl sites for hydroxylation is 2. The number of carbonyl (C=O) groups excluding carboxylic acids is 2. The van der Waals surface area contributed by atoms with Gasteiger partial charge in [-0.05, 0) is 43.5 Å². The Morgan fingerprint density at radius 3 is 2.39 bits per heavy atom. The number of aromatic nitrogens is 2. The predicted octanol–water partition coefficient (Wildman–Crippen LogP) is 3.32. The molecule has 1 heterocycles. The van der Waals surface area contributed by atoms with E-state index in [1.807, 2.05) is 51.1 Å². The second kappa shape index (κ2) is 8.61. The van der Waals surface area contributed by atoms with Crippen molar-refractivity contribution in [2.45, 2.75) is 26.7 Å². The van der Waals surface area contributed by atoms with Crippen molar-refractivity contribution in [2.75, 3.05) is 13.2 Å². The summed E-state index contributed by atoms with van der Waals surface area (Å²) in [7, 11) is 0. The Balaban J connectivity index is 1.54. The van der Waals surface area contributed by atoms with Gasteiger partial charge in [-0.25, -0.2) is 14.8 Å². The highest BCUT2D eigenvalue weighted by Crippen LogP contribution is 2.15. The Labute approximate surface area is 164 Å². The molecule has 1 amide bonds. The third-order valence-corrected chi connectivity index (χ3v) is 4.62. The highest BCUT2D eigenvalue weighted by atomic mass is 16.5. The summed E-state index contributed by atoms with van der Waals surface area (Å²) in [5, 5.41) is 2.79. The lowest BCUT2D eigenvalue weighted by Gasteiger charge is -2.13. The fraction of sp³-hybridized carbons (Fsp3) is 0.273. The van der Waals surface area contributed by atoms with Crippen molar-refractivity contribution < 1.29 is 14.3 Å². The van der Waals surface area contributed by atoms with Crippen molar-refractivity contribution in [2.24, 2.45) is 0 Å². The fourth-order valence-corrected chi connectivity index (χ4v) is 2.79. The highest BCUT2D eigenvalue weighted by Gasteiger charge is 2.13. The maximum Gasteiger partial charge on any atom is 0.338 e. The summed E-state index contributed by atoms with van der Waals surface area (Å²) in [4.78, 5) is 33.1. The van der Waals surface area contributed by atoms with Gasteiger partial charge in [-0.1, -0.05) is 37.3 Å². The first-order valence-corrected chi connectivity index (χ1v) is 9.18. The molecule has 144 valence electrons. The first kappa shape index (κ1) is 19.5. The topological polar surface area (TPSA) is 81.2 Å². The minimum absolute atomic E-state index is 0.173. The Kier molecular flexibility index (Phi) is 5.99. The number of hydrogen-bond acceptors (Lipinski definition) is 5. The zero-order valence-electron chi connectivity index (χ0n) is 16.2. The number of ether oxygens (including phenoxy) is 1. The van der Waals surface area contributed by atoms with Gasteiger partial charge in [0.2, 0.25) is 0 Å². The lowest BCUT2D eigenvalue weighted by molar-refractivity contribution is -0.124. The lowest BCUT2D eigenvalue weighted by Crippen LogP contribution is -2.31. The van der Waals surface area contributed by atoms with Crippen LogP contribution in [0.4, 0.5) is 0 Å². The van der Waals surface area contributed by atoms with Crippen LogP contribution in [0.2, 0.25) is 0 Å². The van der Waals surface area contributed by atoms with Gasteiger partial charge in [-0.3, -0.25) is 4.79 Å². The van der Waals surface area contributed by atoms with Crippen LogP contribution in [0, 0.1) is 13.8 Å². The molecule has 28 heavy (non-hydrogen) atoms. The first-order chi connectivity index (χ1) is 13.4. The van der Waals surface area contributed by atoms with Crippen LogP contribution in [0.15, 0.2) is 48.5 Å². The SMILES string of the molecule is Cc1nc2ccc(C(=O)OCC(=O)NC[C@H](C)c3ccccc3)cc2nc1C. The lowest BCUT2D eigenvalue weighted by atomic mass is 10.0. The molecule has 0 unspecified atom stereocenters. The summed E-state index contributed by atoms with van der Waals surface area (Å²) in [5.74, 6) is -0.719. The number of esters is 1. The summed E-state index contributed by atoms with van der Waals surface area (Å²) in [6, 6.07) is 14.9. The van der Waals surface area contributed by atoms with Crippen molar-refractivity contribution in [3.8, 4) is 0 Å². The summed E-state index contributed by atoms with van der Waals surface area (Å²) >= 11 is 0. The van der Waals surface area contributed by atoms with Crippen LogP contribution in [0.5, 0.6) is 0 Å². The molecule has 0 radical (unpaired) electrons. The predicted molar refractivity (Wildman–Crippen MR) is 107 cm³/mol. The second-order valence-electron chi connectivity index (χ2n) is 6.79. The summed E-state index contributed by atoms with van der Waals surface area (Å²) in [5.41, 5.74) is 4.48. The van der Waals surface area contributed by atoms with Crippen molar-refractivity contribution in [3.63, 3.8) is 0 Å². The third-order valence-electron chi connectivity index (χ3n) is 4.62. The van der Waals surface area contributed by atoms with Crippen LogP contribution in [-0.2, 0) is 9.53 Å². The standard InChI is InChI=1S/C22H23N3O3/c1-14(17-7-5-4-6-8-17)12-23-21(26)13-28-22(27)18-9-10-19-20(11-18)25-16(3)15(2)24-19/h4-11,14H,12-13H2,1-3H3,(H,23,26)/t14-/m0/s1. The number of carbonyl (C=O) groups is 2. The quantitative estimate of drug-likeness (QED) is 0.667. The molecule has 0 aliphatic carbocycles. The van der Waals surface area contributed by atoms with E-state index in [0.29, 0.717) is 23.1 Å². The smallest absolute Gasteiger partial charge is 0.338 e. The molecular weight excluding hydrogens is 354 g/mol. The van der Waals surface area contributed by atoms with Crippen molar-refractivity contribution in [3.05, 3.63) is 71.0 Å². The normalized spacial score (nSPS) is 11.8. The number of rotatable bonds is 6. The van der Waals surface area contributed by atoms with E-state index < -0.39 is 5.97 Å². The van der Waals surface area contributed by atoms with E-state index in [1.165, 1.54) is 0 Å². The summed E-state index contributed by atoms with van der Waals surface area (Å²) in [6.45, 7) is 5.94. The van der Waals surface area contributed by atoms with Gasteiger partial charge in [0.25, 0.3) is 5.91 Å². The zero-order valence-corrected chi connectivity index (χ0v) is 16.2. The molecule has 0 saturated heterocycles. The van der Waals surface area contributed by atoms with E-state index in [4.69, 9.17) is 4.74 Å². The van der Waals surface area contributed by atoms with Crippen molar-refractivity contribution in [1.82, 2.24) is 15.3 Å². The van der Waals surface area contributed by atoms with Crippen LogP contribution in [0.1, 0.15) is 40.2 Å². The van der Waals surface area contributed by atoms with E-state index >= 15 is 0 Å². The van der Waals surface area contributed by atoms with Crippen molar-refractivity contribution in [1.29, 1.82) is 0 Å². The Morgan fingerprint density at radius 2 is 1.68 bits per heavy atom. The minimum Gasteiger partial charge on any atom is -0.452 e. The van der Waals surface area contributed by atoms with Crippen LogP contribution in [0.3, 0.4) is 0 Å². The Hall–Kier alpha value is -3.28. The van der Waals surface area contributed by atoms with Crippen LogP contribution < -0.4 is 5.32 Å². The van der Waals surface area contributed by atoms with Gasteiger partial charge < -0.3 is 10.1 Å². The van der Waals surface area contributed by atoms with Gasteiger partial charge in [-0.2, -0.15) is 0 Å². The Morgan fingerprint density at radius 1 is 1.00 bits per heavy atom. The largest absolute Gasteiger partial charge is 0.452 e. The molecule has 3 aromatic rings. The van der Waals surface area contributed by atoms with E-state index in [1.54, 1.807) is 18.2 Å². The van der Waals surface area contributed by atoms with Crippen LogP contribution in [0.25, 0.3) is 11.0 Å². The van der Waals surface area contributed by atoms with Gasteiger partial charge in [0.05, 0.1) is 28.0 Å². The molecule has 0 saturated carbocycles. The first-order valence-electron chi connectivity index (χ1n) is 9.18. The van der Waals surface area contributed by atoms with Crippen molar-refractivity contribution >= 4 is 22.9 Å². The maximum absolute atomic E-state index is 12.3. The molecule has 0 bridgehead atoms. The van der Waals surface area contributed by atoms with E-state index in [9.17, 15) is 9.59 Å². The van der Waals surface area contributed by atoms with E-state index in [-0.39, 0.29) is 18.4 Å². The fourth-order valence-electron chi connectivity index (χ4n) is 2.79. The molecule has 0 aliphatic heterocycles. The van der Waals surface area contributed by atoms with Crippen LogP contribution >= 0.6 is 0 Å². The molecule has 0 aliphatic rings. The molecular formula is C22H23N3O3. The molecule has 2 aromatic carbocycles. The highest BCUT2D eigenvalue weighted by molar-refractivity contribution is 5.94. The molecule has 6 nitrogen and oxygen atoms in total. The number of hydrogen-bond donors (Lipinski definition) is 1. The number of benzene rings is 2. The molecule has 1 aromatic heterocycles. The molecule has 0 fully saturated rings.